The van der Waals surface area contributed by atoms with Gasteiger partial charge in [0, 0.05) is 24.4 Å². The first-order valence-electron chi connectivity index (χ1n) is 7.49. The lowest BCUT2D eigenvalue weighted by molar-refractivity contribution is -0.121. The first kappa shape index (κ1) is 21.7. The van der Waals surface area contributed by atoms with Crippen LogP contribution in [0.3, 0.4) is 0 Å². The minimum Gasteiger partial charge on any atom is -0.356 e. The predicted octanol–water partition coefficient (Wildman–Crippen LogP) is 2.66. The molecular weight excluding hydrogens is 341 g/mol. The van der Waals surface area contributed by atoms with E-state index in [4.69, 9.17) is 5.73 Å². The summed E-state index contributed by atoms with van der Waals surface area (Å²) < 4.78 is 0. The Morgan fingerprint density at radius 1 is 1.36 bits per heavy atom. The Bertz CT molecular complexity index is 396. The minimum absolute atomic E-state index is 0. The van der Waals surface area contributed by atoms with Crippen molar-refractivity contribution in [3.05, 3.63) is 22.4 Å². The molecule has 7 heteroatoms. The van der Waals surface area contributed by atoms with Gasteiger partial charge in [-0.25, -0.2) is 0 Å². The lowest BCUT2D eigenvalue weighted by Crippen LogP contribution is -2.38. The van der Waals surface area contributed by atoms with E-state index in [0.717, 1.165) is 32.6 Å². The van der Waals surface area contributed by atoms with Crippen molar-refractivity contribution in [1.82, 2.24) is 10.2 Å². The lowest BCUT2D eigenvalue weighted by atomic mass is 9.96. The minimum atomic E-state index is 0. The van der Waals surface area contributed by atoms with Gasteiger partial charge < -0.3 is 11.1 Å². The number of carbonyl (C=O) groups is 1. The van der Waals surface area contributed by atoms with Crippen LogP contribution in [0.15, 0.2) is 17.5 Å². The largest absolute Gasteiger partial charge is 0.356 e. The standard InChI is InChI=1S/C15H25N3OS.2ClH/c16-7-1-4-15(19)17-11-13-5-8-18(9-6-13)12-14-3-2-10-20-14;;/h2-3,10,13H,1,4-9,11-12,16H2,(H,17,19);2*1H. The monoisotopic (exact) mass is 367 g/mol. The molecule has 1 aromatic heterocycles. The Morgan fingerprint density at radius 2 is 2.09 bits per heavy atom. The smallest absolute Gasteiger partial charge is 0.220 e. The number of nitrogens with two attached hydrogens (primary N) is 1. The van der Waals surface area contributed by atoms with Crippen molar-refractivity contribution in [3.8, 4) is 0 Å². The molecule has 2 rings (SSSR count). The van der Waals surface area contributed by atoms with E-state index in [-0.39, 0.29) is 30.7 Å². The van der Waals surface area contributed by atoms with E-state index in [1.165, 1.54) is 17.7 Å². The van der Waals surface area contributed by atoms with Crippen LogP contribution in [0, 0.1) is 5.92 Å². The number of thiophene rings is 1. The zero-order chi connectivity index (χ0) is 14.2. The summed E-state index contributed by atoms with van der Waals surface area (Å²) >= 11 is 1.83. The molecule has 4 nitrogen and oxygen atoms in total. The van der Waals surface area contributed by atoms with Crippen molar-refractivity contribution >= 4 is 42.1 Å². The number of likely N-dealkylation sites (tertiary alicyclic amines) is 1. The van der Waals surface area contributed by atoms with Crippen molar-refractivity contribution in [3.63, 3.8) is 0 Å². The molecule has 0 unspecified atom stereocenters. The Kier molecular flexibility index (Phi) is 12.0. The number of halogens is 2. The zero-order valence-electron chi connectivity index (χ0n) is 12.8. The van der Waals surface area contributed by atoms with E-state index >= 15 is 0 Å². The van der Waals surface area contributed by atoms with Gasteiger partial charge in [-0.3, -0.25) is 9.69 Å². The van der Waals surface area contributed by atoms with Gasteiger partial charge in [0.05, 0.1) is 0 Å². The van der Waals surface area contributed by atoms with E-state index in [9.17, 15) is 4.79 Å². The highest BCUT2D eigenvalue weighted by atomic mass is 35.5. The van der Waals surface area contributed by atoms with Crippen LogP contribution in [-0.2, 0) is 11.3 Å². The van der Waals surface area contributed by atoms with Gasteiger partial charge in [-0.1, -0.05) is 6.07 Å². The maximum atomic E-state index is 11.5. The van der Waals surface area contributed by atoms with Crippen molar-refractivity contribution in [2.24, 2.45) is 11.7 Å². The van der Waals surface area contributed by atoms with Crippen LogP contribution in [-0.4, -0.2) is 37.0 Å². The summed E-state index contributed by atoms with van der Waals surface area (Å²) in [6.07, 6.45) is 3.71. The van der Waals surface area contributed by atoms with Gasteiger partial charge in [-0.2, -0.15) is 0 Å². The Labute approximate surface area is 149 Å². The molecule has 1 aliphatic heterocycles. The first-order valence-corrected chi connectivity index (χ1v) is 8.37. The quantitative estimate of drug-likeness (QED) is 0.778. The summed E-state index contributed by atoms with van der Waals surface area (Å²) in [6.45, 7) is 4.78. The van der Waals surface area contributed by atoms with E-state index < -0.39 is 0 Å². The predicted molar refractivity (Wildman–Crippen MR) is 98.1 cm³/mol. The van der Waals surface area contributed by atoms with Gasteiger partial charge in [0.1, 0.15) is 0 Å². The zero-order valence-corrected chi connectivity index (χ0v) is 15.3. The second kappa shape index (κ2) is 12.1. The third kappa shape index (κ3) is 7.79. The molecule has 3 N–H and O–H groups in total. The first-order chi connectivity index (χ1) is 9.78. The van der Waals surface area contributed by atoms with Gasteiger partial charge in [0.2, 0.25) is 5.91 Å². The van der Waals surface area contributed by atoms with E-state index in [1.54, 1.807) is 0 Å². The number of nitrogens with one attached hydrogen (secondary N) is 1. The van der Waals surface area contributed by atoms with E-state index in [0.29, 0.717) is 18.9 Å². The van der Waals surface area contributed by atoms with Crippen LogP contribution in [0.2, 0.25) is 0 Å². The van der Waals surface area contributed by atoms with E-state index in [1.807, 2.05) is 11.3 Å². The van der Waals surface area contributed by atoms with Crippen LogP contribution >= 0.6 is 36.2 Å². The summed E-state index contributed by atoms with van der Waals surface area (Å²) in [5.74, 6) is 0.785. The maximum absolute atomic E-state index is 11.5. The lowest BCUT2D eigenvalue weighted by Gasteiger charge is -2.31. The molecule has 0 radical (unpaired) electrons. The number of piperidine rings is 1. The van der Waals surface area contributed by atoms with Crippen LogP contribution < -0.4 is 11.1 Å². The van der Waals surface area contributed by atoms with Crippen molar-refractivity contribution in [1.29, 1.82) is 0 Å². The second-order valence-electron chi connectivity index (χ2n) is 5.50. The van der Waals surface area contributed by atoms with Gasteiger partial charge in [-0.05, 0) is 56.3 Å². The molecular formula is C15H27Cl2N3OS. The molecule has 0 saturated carbocycles. The fraction of sp³-hybridized carbons (Fsp3) is 0.667. The maximum Gasteiger partial charge on any atom is 0.220 e. The van der Waals surface area contributed by atoms with Crippen LogP contribution in [0.1, 0.15) is 30.6 Å². The molecule has 128 valence electrons. The number of amides is 1. The van der Waals surface area contributed by atoms with Crippen molar-refractivity contribution in [2.75, 3.05) is 26.2 Å². The number of hydrogen-bond acceptors (Lipinski definition) is 4. The second-order valence-corrected chi connectivity index (χ2v) is 6.53. The van der Waals surface area contributed by atoms with Gasteiger partial charge in [-0.15, -0.1) is 36.2 Å². The highest BCUT2D eigenvalue weighted by Crippen LogP contribution is 2.20. The normalized spacial score (nSPS) is 15.7. The Hall–Kier alpha value is -0.330. The molecule has 0 spiro atoms. The number of nitrogens with zero attached hydrogens (tertiary/aromatic N) is 1. The summed E-state index contributed by atoms with van der Waals surface area (Å²) in [7, 11) is 0. The van der Waals surface area contributed by atoms with Gasteiger partial charge >= 0.3 is 0 Å². The van der Waals surface area contributed by atoms with Crippen molar-refractivity contribution < 1.29 is 4.79 Å². The third-order valence-electron chi connectivity index (χ3n) is 3.86. The van der Waals surface area contributed by atoms with Crippen LogP contribution in [0.4, 0.5) is 0 Å². The topological polar surface area (TPSA) is 58.4 Å². The molecule has 1 aromatic rings. The van der Waals surface area contributed by atoms with E-state index in [2.05, 4.69) is 27.7 Å². The summed E-state index contributed by atoms with van der Waals surface area (Å²) in [6, 6.07) is 4.32. The molecule has 1 saturated heterocycles. The number of hydrogen-bond donors (Lipinski definition) is 2. The SMILES string of the molecule is Cl.Cl.NCCCC(=O)NCC1CCN(Cc2cccs2)CC1. The molecule has 2 heterocycles. The highest BCUT2D eigenvalue weighted by molar-refractivity contribution is 7.09. The van der Waals surface area contributed by atoms with Gasteiger partial charge in [0.25, 0.3) is 0 Å². The molecule has 1 fully saturated rings. The molecule has 0 bridgehead atoms. The molecule has 1 aliphatic rings. The van der Waals surface area contributed by atoms with Gasteiger partial charge in [0.15, 0.2) is 0 Å². The Morgan fingerprint density at radius 3 is 2.68 bits per heavy atom. The molecule has 1 amide bonds. The molecule has 0 atom stereocenters. The summed E-state index contributed by atoms with van der Waals surface area (Å²) in [4.78, 5) is 15.5. The number of carbonyl (C=O) groups excluding carboxylic acids is 1. The molecule has 22 heavy (non-hydrogen) atoms. The van der Waals surface area contributed by atoms with Crippen molar-refractivity contribution in [2.45, 2.75) is 32.2 Å². The van der Waals surface area contributed by atoms with Crippen LogP contribution in [0.5, 0.6) is 0 Å². The molecule has 0 aromatic carbocycles. The average molecular weight is 368 g/mol. The summed E-state index contributed by atoms with van der Waals surface area (Å²) in [5, 5.41) is 5.17. The number of rotatable bonds is 7. The van der Waals surface area contributed by atoms with Crippen LogP contribution in [0.25, 0.3) is 0 Å². The third-order valence-corrected chi connectivity index (χ3v) is 4.72. The Balaban J connectivity index is 0.00000220. The fourth-order valence-electron chi connectivity index (χ4n) is 2.58. The molecule has 0 aliphatic carbocycles. The summed E-state index contributed by atoms with van der Waals surface area (Å²) in [5.41, 5.74) is 5.40. The highest BCUT2D eigenvalue weighted by Gasteiger charge is 2.19. The average Bonchev–Trinajstić information content (AvgIpc) is 2.97. The fourth-order valence-corrected chi connectivity index (χ4v) is 3.33.